The third-order valence-corrected chi connectivity index (χ3v) is 3.16. The van der Waals surface area contributed by atoms with E-state index in [0.29, 0.717) is 19.4 Å². The maximum atomic E-state index is 11.8. The molecule has 1 saturated heterocycles. The van der Waals surface area contributed by atoms with Crippen molar-refractivity contribution in [2.24, 2.45) is 7.05 Å². The maximum absolute atomic E-state index is 11.8. The Hall–Kier alpha value is -1.89. The Bertz CT molecular complexity index is 497. The van der Waals surface area contributed by atoms with E-state index in [2.05, 4.69) is 10.4 Å². The molecule has 1 fully saturated rings. The molecular formula is C12H17N3O4. The quantitative estimate of drug-likeness (QED) is 0.799. The van der Waals surface area contributed by atoms with E-state index in [1.165, 1.54) is 0 Å². The van der Waals surface area contributed by atoms with E-state index in [1.807, 2.05) is 20.2 Å². The highest BCUT2D eigenvalue weighted by atomic mass is 16.5. The summed E-state index contributed by atoms with van der Waals surface area (Å²) in [6.07, 6.45) is 1.12. The Balaban J connectivity index is 1.85. The molecule has 2 N–H and O–H groups in total. The molecule has 7 nitrogen and oxygen atoms in total. The first-order valence-electron chi connectivity index (χ1n) is 6.12. The fraction of sp³-hybridized carbons (Fsp3) is 0.583. The van der Waals surface area contributed by atoms with Crippen molar-refractivity contribution in [1.82, 2.24) is 15.1 Å². The number of nitrogens with zero attached hydrogens (tertiary/aromatic N) is 2. The van der Waals surface area contributed by atoms with Crippen molar-refractivity contribution in [1.29, 1.82) is 0 Å². The summed E-state index contributed by atoms with van der Waals surface area (Å²) in [6.45, 7) is 2.24. The Morgan fingerprint density at radius 2 is 2.21 bits per heavy atom. The van der Waals surface area contributed by atoms with Gasteiger partial charge in [-0.15, -0.1) is 0 Å². The van der Waals surface area contributed by atoms with E-state index in [-0.39, 0.29) is 5.91 Å². The number of nitrogens with one attached hydrogen (secondary N) is 1. The van der Waals surface area contributed by atoms with Crippen LogP contribution in [0, 0.1) is 6.92 Å². The maximum Gasteiger partial charge on any atom is 0.332 e. The standard InChI is InChI=1S/C12H17N3O4/c1-7-8(6-15(2)14-7)5-13-11(16)9-3-4-10(19-9)12(17)18/h6,9-10H,3-5H2,1-2H3,(H,13,16)(H,17,18). The van der Waals surface area contributed by atoms with Gasteiger partial charge >= 0.3 is 5.97 Å². The summed E-state index contributed by atoms with van der Waals surface area (Å²) in [5.74, 6) is -1.29. The lowest BCUT2D eigenvalue weighted by atomic mass is 10.2. The van der Waals surface area contributed by atoms with Crippen molar-refractivity contribution >= 4 is 11.9 Å². The van der Waals surface area contributed by atoms with Gasteiger partial charge in [-0.2, -0.15) is 5.10 Å². The second-order valence-electron chi connectivity index (χ2n) is 4.66. The number of ether oxygens (including phenoxy) is 1. The molecule has 0 radical (unpaired) electrons. The van der Waals surface area contributed by atoms with Crippen LogP contribution in [0.25, 0.3) is 0 Å². The average Bonchev–Trinajstić information content (AvgIpc) is 2.93. The van der Waals surface area contributed by atoms with Crippen molar-refractivity contribution in [2.75, 3.05) is 0 Å². The van der Waals surface area contributed by atoms with Crippen molar-refractivity contribution in [3.8, 4) is 0 Å². The molecule has 2 unspecified atom stereocenters. The van der Waals surface area contributed by atoms with Gasteiger partial charge in [0.25, 0.3) is 0 Å². The molecule has 1 amide bonds. The van der Waals surface area contributed by atoms with Crippen LogP contribution in [0.5, 0.6) is 0 Å². The van der Waals surface area contributed by atoms with Crippen molar-refractivity contribution in [2.45, 2.75) is 38.5 Å². The van der Waals surface area contributed by atoms with Crippen LogP contribution in [0.4, 0.5) is 0 Å². The molecule has 19 heavy (non-hydrogen) atoms. The second kappa shape index (κ2) is 5.40. The SMILES string of the molecule is Cc1nn(C)cc1CNC(=O)C1CCC(C(=O)O)O1. The number of amides is 1. The molecule has 2 rings (SSSR count). The lowest BCUT2D eigenvalue weighted by Gasteiger charge is -2.11. The minimum atomic E-state index is -1.02. The predicted molar refractivity (Wildman–Crippen MR) is 65.3 cm³/mol. The van der Waals surface area contributed by atoms with Gasteiger partial charge in [0.15, 0.2) is 6.10 Å². The lowest BCUT2D eigenvalue weighted by molar-refractivity contribution is -0.151. The molecule has 2 atom stereocenters. The zero-order valence-electron chi connectivity index (χ0n) is 10.9. The van der Waals surface area contributed by atoms with E-state index in [0.717, 1.165) is 11.3 Å². The fourth-order valence-corrected chi connectivity index (χ4v) is 2.13. The molecular weight excluding hydrogens is 250 g/mol. The van der Waals surface area contributed by atoms with Crippen LogP contribution in [0.3, 0.4) is 0 Å². The first-order chi connectivity index (χ1) is 8.97. The van der Waals surface area contributed by atoms with Crippen LogP contribution in [0.2, 0.25) is 0 Å². The van der Waals surface area contributed by atoms with E-state index in [9.17, 15) is 9.59 Å². The van der Waals surface area contributed by atoms with E-state index in [1.54, 1.807) is 4.68 Å². The largest absolute Gasteiger partial charge is 0.479 e. The first kappa shape index (κ1) is 13.5. The number of aromatic nitrogens is 2. The first-order valence-corrected chi connectivity index (χ1v) is 6.12. The molecule has 1 aromatic heterocycles. The smallest absolute Gasteiger partial charge is 0.332 e. The molecule has 0 aliphatic carbocycles. The summed E-state index contributed by atoms with van der Waals surface area (Å²) >= 11 is 0. The summed E-state index contributed by atoms with van der Waals surface area (Å²) in [7, 11) is 1.82. The molecule has 1 aliphatic heterocycles. The topological polar surface area (TPSA) is 93.5 Å². The van der Waals surface area contributed by atoms with Crippen LogP contribution < -0.4 is 5.32 Å². The number of hydrogen-bond donors (Lipinski definition) is 2. The van der Waals surface area contributed by atoms with Gasteiger partial charge in [0.1, 0.15) is 6.10 Å². The Morgan fingerprint density at radius 1 is 1.53 bits per heavy atom. The summed E-state index contributed by atoms with van der Waals surface area (Å²) in [5, 5.41) is 15.7. The highest BCUT2D eigenvalue weighted by molar-refractivity contribution is 5.82. The normalized spacial score (nSPS) is 22.4. The Labute approximate surface area is 110 Å². The Kier molecular flexibility index (Phi) is 3.84. The van der Waals surface area contributed by atoms with Crippen molar-refractivity contribution in [3.05, 3.63) is 17.5 Å². The van der Waals surface area contributed by atoms with Crippen LogP contribution in [0.15, 0.2) is 6.20 Å². The van der Waals surface area contributed by atoms with Crippen molar-refractivity contribution < 1.29 is 19.4 Å². The number of carboxylic acid groups (broad SMARTS) is 1. The monoisotopic (exact) mass is 267 g/mol. The summed E-state index contributed by atoms with van der Waals surface area (Å²) in [4.78, 5) is 22.6. The highest BCUT2D eigenvalue weighted by Gasteiger charge is 2.34. The number of aliphatic carboxylic acids is 1. The van der Waals surface area contributed by atoms with Crippen LogP contribution in [-0.2, 0) is 27.9 Å². The van der Waals surface area contributed by atoms with Crippen LogP contribution >= 0.6 is 0 Å². The summed E-state index contributed by atoms with van der Waals surface area (Å²) in [5.41, 5.74) is 1.79. The minimum absolute atomic E-state index is 0.271. The molecule has 0 saturated carbocycles. The van der Waals surface area contributed by atoms with Gasteiger partial charge in [0.2, 0.25) is 5.91 Å². The van der Waals surface area contributed by atoms with Gasteiger partial charge in [0, 0.05) is 25.4 Å². The van der Waals surface area contributed by atoms with Gasteiger partial charge in [0.05, 0.1) is 5.69 Å². The molecule has 0 aromatic carbocycles. The summed E-state index contributed by atoms with van der Waals surface area (Å²) < 4.78 is 6.86. The van der Waals surface area contributed by atoms with Gasteiger partial charge in [-0.3, -0.25) is 9.48 Å². The lowest BCUT2D eigenvalue weighted by Crippen LogP contribution is -2.35. The molecule has 104 valence electrons. The molecule has 1 aromatic rings. The molecule has 7 heteroatoms. The number of carboxylic acids is 1. The van der Waals surface area contributed by atoms with Crippen molar-refractivity contribution in [3.63, 3.8) is 0 Å². The second-order valence-corrected chi connectivity index (χ2v) is 4.66. The van der Waals surface area contributed by atoms with Gasteiger partial charge in [-0.05, 0) is 19.8 Å². The van der Waals surface area contributed by atoms with Crippen LogP contribution in [-0.4, -0.2) is 39.0 Å². The van der Waals surface area contributed by atoms with E-state index >= 15 is 0 Å². The highest BCUT2D eigenvalue weighted by Crippen LogP contribution is 2.20. The number of carbonyl (C=O) groups excluding carboxylic acids is 1. The summed E-state index contributed by atoms with van der Waals surface area (Å²) in [6, 6.07) is 0. The Morgan fingerprint density at radius 3 is 2.74 bits per heavy atom. The number of aryl methyl sites for hydroxylation is 2. The fourth-order valence-electron chi connectivity index (χ4n) is 2.13. The number of rotatable bonds is 4. The zero-order valence-corrected chi connectivity index (χ0v) is 10.9. The predicted octanol–water partition coefficient (Wildman–Crippen LogP) is -0.0231. The third-order valence-electron chi connectivity index (χ3n) is 3.16. The van der Waals surface area contributed by atoms with E-state index < -0.39 is 18.2 Å². The van der Waals surface area contributed by atoms with Gasteiger partial charge in [-0.25, -0.2) is 4.79 Å². The molecule has 0 spiro atoms. The number of carbonyl (C=O) groups is 2. The zero-order chi connectivity index (χ0) is 14.0. The number of hydrogen-bond acceptors (Lipinski definition) is 4. The minimum Gasteiger partial charge on any atom is -0.479 e. The molecule has 1 aliphatic rings. The third kappa shape index (κ3) is 3.11. The van der Waals surface area contributed by atoms with E-state index in [4.69, 9.17) is 9.84 Å². The molecule has 2 heterocycles. The van der Waals surface area contributed by atoms with Crippen LogP contribution in [0.1, 0.15) is 24.1 Å². The molecule has 0 bridgehead atoms. The van der Waals surface area contributed by atoms with Gasteiger partial charge in [-0.1, -0.05) is 0 Å². The van der Waals surface area contributed by atoms with Gasteiger partial charge < -0.3 is 15.2 Å². The average molecular weight is 267 g/mol.